The Morgan fingerprint density at radius 2 is 1.27 bits per heavy atom. The Balaban J connectivity index is 1.81. The van der Waals surface area contributed by atoms with Gasteiger partial charge in [0, 0.05) is 23.9 Å². The Bertz CT molecular complexity index is 1210. The molecule has 0 spiro atoms. The fourth-order valence-electron chi connectivity index (χ4n) is 3.62. The zero-order valence-corrected chi connectivity index (χ0v) is 18.8. The van der Waals surface area contributed by atoms with Gasteiger partial charge in [0.1, 0.15) is 22.9 Å². The summed E-state index contributed by atoms with van der Waals surface area (Å²) in [6.45, 7) is 1.96. The standard InChI is InChI=1S/C26H24N2O5/c1-16-5-7-17(8-6-16)23-24(27-18-13-21(32-3)15-22(14-18)33-4)26(30)28(25(23)29)19-9-11-20(31-2)12-10-19/h5-15,27H,1-4H3. The number of nitrogens with one attached hydrogen (secondary N) is 1. The molecule has 0 saturated heterocycles. The van der Waals surface area contributed by atoms with Crippen LogP contribution in [-0.2, 0) is 9.59 Å². The molecule has 168 valence electrons. The summed E-state index contributed by atoms with van der Waals surface area (Å²) in [4.78, 5) is 28.2. The zero-order valence-electron chi connectivity index (χ0n) is 18.8. The topological polar surface area (TPSA) is 77.1 Å². The molecule has 1 N–H and O–H groups in total. The lowest BCUT2D eigenvalue weighted by molar-refractivity contribution is -0.120. The van der Waals surface area contributed by atoms with Crippen LogP contribution in [0.15, 0.2) is 72.4 Å². The van der Waals surface area contributed by atoms with E-state index in [1.165, 1.54) is 0 Å². The first-order valence-electron chi connectivity index (χ1n) is 10.3. The van der Waals surface area contributed by atoms with Crippen LogP contribution in [0.1, 0.15) is 11.1 Å². The van der Waals surface area contributed by atoms with E-state index < -0.39 is 11.8 Å². The first kappa shape index (κ1) is 22.0. The summed E-state index contributed by atoms with van der Waals surface area (Å²) in [5.41, 5.74) is 3.18. The number of rotatable bonds is 7. The van der Waals surface area contributed by atoms with Crippen LogP contribution in [-0.4, -0.2) is 33.1 Å². The number of ether oxygens (including phenoxy) is 3. The van der Waals surface area contributed by atoms with Crippen LogP contribution < -0.4 is 24.4 Å². The molecule has 7 heteroatoms. The van der Waals surface area contributed by atoms with Crippen LogP contribution in [0.25, 0.3) is 5.57 Å². The van der Waals surface area contributed by atoms with Crippen LogP contribution >= 0.6 is 0 Å². The van der Waals surface area contributed by atoms with Crippen molar-refractivity contribution in [2.45, 2.75) is 6.92 Å². The Kier molecular flexibility index (Phi) is 6.04. The van der Waals surface area contributed by atoms with Gasteiger partial charge in [-0.3, -0.25) is 9.59 Å². The second-order valence-corrected chi connectivity index (χ2v) is 7.49. The van der Waals surface area contributed by atoms with E-state index in [0.29, 0.717) is 34.2 Å². The van der Waals surface area contributed by atoms with Crippen LogP contribution in [0, 0.1) is 6.92 Å². The van der Waals surface area contributed by atoms with Crippen LogP contribution in [0.5, 0.6) is 17.2 Å². The van der Waals surface area contributed by atoms with Gasteiger partial charge >= 0.3 is 0 Å². The van der Waals surface area contributed by atoms with Crippen molar-refractivity contribution in [1.29, 1.82) is 0 Å². The minimum atomic E-state index is -0.456. The molecule has 1 aliphatic heterocycles. The highest BCUT2D eigenvalue weighted by atomic mass is 16.5. The lowest BCUT2D eigenvalue weighted by Crippen LogP contribution is -2.32. The molecule has 2 amide bonds. The third-order valence-electron chi connectivity index (χ3n) is 5.38. The van der Waals surface area contributed by atoms with E-state index in [2.05, 4.69) is 5.32 Å². The molecular weight excluding hydrogens is 420 g/mol. The second kappa shape index (κ2) is 9.08. The average Bonchev–Trinajstić information content (AvgIpc) is 3.08. The van der Waals surface area contributed by atoms with E-state index in [1.807, 2.05) is 31.2 Å². The maximum Gasteiger partial charge on any atom is 0.282 e. The van der Waals surface area contributed by atoms with E-state index in [9.17, 15) is 9.59 Å². The monoisotopic (exact) mass is 444 g/mol. The Morgan fingerprint density at radius 3 is 1.82 bits per heavy atom. The van der Waals surface area contributed by atoms with Gasteiger partial charge in [-0.15, -0.1) is 0 Å². The Hall–Kier alpha value is -4.26. The number of nitrogens with zero attached hydrogens (tertiary/aromatic N) is 1. The summed E-state index contributed by atoms with van der Waals surface area (Å²) < 4.78 is 15.9. The first-order valence-corrected chi connectivity index (χ1v) is 10.3. The number of amides is 2. The number of anilines is 2. The van der Waals surface area contributed by atoms with Crippen LogP contribution in [0.4, 0.5) is 11.4 Å². The predicted octanol–water partition coefficient (Wildman–Crippen LogP) is 4.42. The van der Waals surface area contributed by atoms with Gasteiger partial charge in [-0.2, -0.15) is 0 Å². The average molecular weight is 444 g/mol. The van der Waals surface area contributed by atoms with Gasteiger partial charge in [0.15, 0.2) is 0 Å². The minimum absolute atomic E-state index is 0.176. The molecule has 33 heavy (non-hydrogen) atoms. The minimum Gasteiger partial charge on any atom is -0.497 e. The molecular formula is C26H24N2O5. The fraction of sp³-hybridized carbons (Fsp3) is 0.154. The molecule has 4 rings (SSSR count). The molecule has 0 saturated carbocycles. The lowest BCUT2D eigenvalue weighted by Gasteiger charge is -2.16. The number of carbonyl (C=O) groups is 2. The third-order valence-corrected chi connectivity index (χ3v) is 5.38. The normalized spacial score (nSPS) is 13.4. The van der Waals surface area contributed by atoms with Gasteiger partial charge in [0.25, 0.3) is 11.8 Å². The molecule has 0 bridgehead atoms. The quantitative estimate of drug-likeness (QED) is 0.544. The maximum absolute atomic E-state index is 13.5. The van der Waals surface area contributed by atoms with E-state index in [0.717, 1.165) is 10.5 Å². The van der Waals surface area contributed by atoms with Gasteiger partial charge in [-0.1, -0.05) is 29.8 Å². The van der Waals surface area contributed by atoms with E-state index in [4.69, 9.17) is 14.2 Å². The number of imide groups is 1. The molecule has 1 aliphatic rings. The van der Waals surface area contributed by atoms with Crippen molar-refractivity contribution in [3.05, 3.63) is 83.6 Å². The molecule has 0 aromatic heterocycles. The van der Waals surface area contributed by atoms with Gasteiger partial charge < -0.3 is 19.5 Å². The van der Waals surface area contributed by atoms with Gasteiger partial charge in [-0.25, -0.2) is 4.90 Å². The van der Waals surface area contributed by atoms with Crippen molar-refractivity contribution in [2.24, 2.45) is 0 Å². The summed E-state index contributed by atoms with van der Waals surface area (Å²) in [6, 6.07) is 19.4. The number of benzene rings is 3. The van der Waals surface area contributed by atoms with Crippen molar-refractivity contribution < 1.29 is 23.8 Å². The molecule has 3 aromatic carbocycles. The zero-order chi connectivity index (χ0) is 23.5. The van der Waals surface area contributed by atoms with E-state index in [1.54, 1.807) is 63.8 Å². The molecule has 1 heterocycles. The smallest absolute Gasteiger partial charge is 0.282 e. The van der Waals surface area contributed by atoms with Crippen molar-refractivity contribution in [3.8, 4) is 17.2 Å². The van der Waals surface area contributed by atoms with Gasteiger partial charge in [0.2, 0.25) is 0 Å². The van der Waals surface area contributed by atoms with Crippen molar-refractivity contribution >= 4 is 28.8 Å². The molecule has 0 radical (unpaired) electrons. The summed E-state index contributed by atoms with van der Waals surface area (Å²) in [5, 5.41) is 3.14. The number of hydrogen-bond donors (Lipinski definition) is 1. The molecule has 3 aromatic rings. The number of aryl methyl sites for hydroxylation is 1. The second-order valence-electron chi connectivity index (χ2n) is 7.49. The number of methoxy groups -OCH3 is 3. The molecule has 0 unspecified atom stereocenters. The lowest BCUT2D eigenvalue weighted by atomic mass is 10.0. The van der Waals surface area contributed by atoms with Crippen molar-refractivity contribution in [3.63, 3.8) is 0 Å². The van der Waals surface area contributed by atoms with E-state index >= 15 is 0 Å². The summed E-state index contributed by atoms with van der Waals surface area (Å²) in [7, 11) is 4.65. The Labute approximate surface area is 192 Å². The molecule has 0 atom stereocenters. The number of carbonyl (C=O) groups excluding carboxylic acids is 2. The predicted molar refractivity (Wildman–Crippen MR) is 127 cm³/mol. The highest BCUT2D eigenvalue weighted by Crippen LogP contribution is 2.35. The summed E-state index contributed by atoms with van der Waals surface area (Å²) in [6.07, 6.45) is 0. The maximum atomic E-state index is 13.5. The first-order chi connectivity index (χ1) is 15.9. The highest BCUT2D eigenvalue weighted by Gasteiger charge is 2.40. The number of hydrogen-bond acceptors (Lipinski definition) is 6. The van der Waals surface area contributed by atoms with Crippen LogP contribution in [0.3, 0.4) is 0 Å². The fourth-order valence-corrected chi connectivity index (χ4v) is 3.62. The van der Waals surface area contributed by atoms with Gasteiger partial charge in [0.05, 0.1) is 32.6 Å². The molecule has 0 fully saturated rings. The molecule has 7 nitrogen and oxygen atoms in total. The largest absolute Gasteiger partial charge is 0.497 e. The van der Waals surface area contributed by atoms with Crippen molar-refractivity contribution in [2.75, 3.05) is 31.5 Å². The van der Waals surface area contributed by atoms with Gasteiger partial charge in [-0.05, 0) is 36.8 Å². The van der Waals surface area contributed by atoms with E-state index in [-0.39, 0.29) is 11.3 Å². The SMILES string of the molecule is COc1ccc(N2C(=O)C(Nc3cc(OC)cc(OC)c3)=C(c3ccc(C)cc3)C2=O)cc1. The third kappa shape index (κ3) is 4.25. The summed E-state index contributed by atoms with van der Waals surface area (Å²) in [5.74, 6) is 0.872. The molecule has 0 aliphatic carbocycles. The summed E-state index contributed by atoms with van der Waals surface area (Å²) >= 11 is 0. The highest BCUT2D eigenvalue weighted by molar-refractivity contribution is 6.46. The van der Waals surface area contributed by atoms with Crippen molar-refractivity contribution in [1.82, 2.24) is 0 Å². The Morgan fingerprint density at radius 1 is 0.697 bits per heavy atom. The van der Waals surface area contributed by atoms with Crippen LogP contribution in [0.2, 0.25) is 0 Å².